The molecule has 0 bridgehead atoms. The number of halogens is 1. The highest BCUT2D eigenvalue weighted by molar-refractivity contribution is 5.80. The van der Waals surface area contributed by atoms with E-state index in [4.69, 9.17) is 9.47 Å². The highest BCUT2D eigenvalue weighted by Crippen LogP contribution is 2.22. The average Bonchev–Trinajstić information content (AvgIpc) is 2.64. The zero-order chi connectivity index (χ0) is 18.4. The van der Waals surface area contributed by atoms with Crippen LogP contribution in [0.15, 0.2) is 48.5 Å². The summed E-state index contributed by atoms with van der Waals surface area (Å²) in [6.07, 6.45) is -0.634. The molecule has 0 radical (unpaired) electrons. The highest BCUT2D eigenvalue weighted by Gasteiger charge is 2.24. The van der Waals surface area contributed by atoms with E-state index in [0.717, 1.165) is 11.3 Å². The molecule has 0 aliphatic carbocycles. The normalized spacial score (nSPS) is 13.2. The van der Waals surface area contributed by atoms with Crippen LogP contribution in [0.25, 0.3) is 0 Å². The van der Waals surface area contributed by atoms with E-state index < -0.39 is 6.10 Å². The Hall–Kier alpha value is -2.40. The van der Waals surface area contributed by atoms with Gasteiger partial charge in [0.25, 0.3) is 5.91 Å². The van der Waals surface area contributed by atoms with Crippen molar-refractivity contribution in [3.8, 4) is 5.75 Å². The number of amides is 1. The Morgan fingerprint density at radius 3 is 2.56 bits per heavy atom. The molecule has 0 aliphatic rings. The van der Waals surface area contributed by atoms with Gasteiger partial charge in [0, 0.05) is 12.6 Å². The fourth-order valence-electron chi connectivity index (χ4n) is 2.55. The van der Waals surface area contributed by atoms with Crippen molar-refractivity contribution in [1.82, 2.24) is 4.90 Å². The van der Waals surface area contributed by atoms with Crippen LogP contribution in [0.5, 0.6) is 5.75 Å². The number of ether oxygens (including phenoxy) is 2. The fourth-order valence-corrected chi connectivity index (χ4v) is 2.55. The number of hydrogen-bond acceptors (Lipinski definition) is 3. The lowest BCUT2D eigenvalue weighted by molar-refractivity contribution is -0.144. The van der Waals surface area contributed by atoms with E-state index in [0.29, 0.717) is 12.2 Å². The topological polar surface area (TPSA) is 38.8 Å². The van der Waals surface area contributed by atoms with Crippen LogP contribution >= 0.6 is 0 Å². The van der Waals surface area contributed by atoms with Crippen molar-refractivity contribution in [3.63, 3.8) is 0 Å². The number of hydrogen-bond donors (Lipinski definition) is 0. The van der Waals surface area contributed by atoms with E-state index in [-0.39, 0.29) is 17.8 Å². The van der Waals surface area contributed by atoms with E-state index in [2.05, 4.69) is 0 Å². The molecule has 0 saturated carbocycles. The lowest BCUT2D eigenvalue weighted by atomic mass is 10.1. The number of methoxy groups -OCH3 is 1. The number of likely N-dealkylation sites (N-methyl/N-ethyl adjacent to an activating group) is 1. The summed E-state index contributed by atoms with van der Waals surface area (Å²) in [6.45, 7) is 3.80. The van der Waals surface area contributed by atoms with Crippen LogP contribution in [0, 0.1) is 5.82 Å². The quantitative estimate of drug-likeness (QED) is 0.762. The van der Waals surface area contributed by atoms with Crippen molar-refractivity contribution in [3.05, 3.63) is 65.5 Å². The molecule has 4 nitrogen and oxygen atoms in total. The molecule has 2 aromatic carbocycles. The molecular formula is C20H24FNO3. The second-order valence-corrected chi connectivity index (χ2v) is 5.95. The summed E-state index contributed by atoms with van der Waals surface area (Å²) in [5.41, 5.74) is 1.40. The van der Waals surface area contributed by atoms with E-state index in [1.54, 1.807) is 46.2 Å². The molecule has 2 atom stereocenters. The molecule has 0 aromatic heterocycles. The molecule has 2 aromatic rings. The summed E-state index contributed by atoms with van der Waals surface area (Å²) >= 11 is 0. The maximum atomic E-state index is 13.9. The molecule has 1 amide bonds. The van der Waals surface area contributed by atoms with E-state index >= 15 is 0 Å². The van der Waals surface area contributed by atoms with Gasteiger partial charge in [-0.2, -0.15) is 0 Å². The van der Waals surface area contributed by atoms with Crippen molar-refractivity contribution < 1.29 is 18.7 Å². The predicted octanol–water partition coefficient (Wildman–Crippen LogP) is 3.96. The molecule has 25 heavy (non-hydrogen) atoms. The van der Waals surface area contributed by atoms with Crippen LogP contribution in [0.3, 0.4) is 0 Å². The summed E-state index contributed by atoms with van der Waals surface area (Å²) in [5, 5.41) is 0. The predicted molar refractivity (Wildman–Crippen MR) is 94.8 cm³/mol. The number of carbonyl (C=O) groups is 1. The molecule has 0 saturated heterocycles. The first-order valence-corrected chi connectivity index (χ1v) is 8.19. The molecular weight excluding hydrogens is 321 g/mol. The Bertz CT molecular complexity index is 720. The van der Waals surface area contributed by atoms with Gasteiger partial charge in [-0.15, -0.1) is 0 Å². The molecule has 0 heterocycles. The van der Waals surface area contributed by atoms with Gasteiger partial charge >= 0.3 is 0 Å². The van der Waals surface area contributed by atoms with Gasteiger partial charge in [-0.25, -0.2) is 4.39 Å². The van der Waals surface area contributed by atoms with Gasteiger partial charge in [-0.3, -0.25) is 4.79 Å². The lowest BCUT2D eigenvalue weighted by Crippen LogP contribution is -2.38. The second kappa shape index (κ2) is 8.62. The van der Waals surface area contributed by atoms with Crippen LogP contribution in [0.4, 0.5) is 4.39 Å². The third kappa shape index (κ3) is 4.79. The molecule has 2 unspecified atom stereocenters. The van der Waals surface area contributed by atoms with Crippen LogP contribution in [-0.4, -0.2) is 31.1 Å². The molecule has 5 heteroatoms. The van der Waals surface area contributed by atoms with Crippen molar-refractivity contribution in [2.45, 2.75) is 32.6 Å². The zero-order valence-corrected chi connectivity index (χ0v) is 15.0. The van der Waals surface area contributed by atoms with Gasteiger partial charge in [0.15, 0.2) is 0 Å². The average molecular weight is 345 g/mol. The summed E-state index contributed by atoms with van der Waals surface area (Å²) < 4.78 is 24.8. The largest absolute Gasteiger partial charge is 0.497 e. The minimum Gasteiger partial charge on any atom is -0.497 e. The van der Waals surface area contributed by atoms with Gasteiger partial charge in [-0.05, 0) is 37.6 Å². The summed E-state index contributed by atoms with van der Waals surface area (Å²) in [7, 11) is 3.26. The minimum atomic E-state index is -0.634. The lowest BCUT2D eigenvalue weighted by Gasteiger charge is -2.28. The van der Waals surface area contributed by atoms with Gasteiger partial charge in [0.05, 0.1) is 19.8 Å². The monoisotopic (exact) mass is 345 g/mol. The zero-order valence-electron chi connectivity index (χ0n) is 15.0. The van der Waals surface area contributed by atoms with Gasteiger partial charge in [-0.1, -0.05) is 30.3 Å². The maximum Gasteiger partial charge on any atom is 0.251 e. The van der Waals surface area contributed by atoms with Gasteiger partial charge < -0.3 is 14.4 Å². The van der Waals surface area contributed by atoms with Crippen molar-refractivity contribution in [2.24, 2.45) is 0 Å². The highest BCUT2D eigenvalue weighted by atomic mass is 19.1. The summed E-state index contributed by atoms with van der Waals surface area (Å²) in [4.78, 5) is 14.1. The van der Waals surface area contributed by atoms with Crippen molar-refractivity contribution >= 4 is 5.91 Å². The Labute approximate surface area is 148 Å². The Balaban J connectivity index is 1.97. The number of benzene rings is 2. The third-order valence-corrected chi connectivity index (χ3v) is 4.27. The van der Waals surface area contributed by atoms with E-state index in [1.807, 2.05) is 24.3 Å². The van der Waals surface area contributed by atoms with Crippen molar-refractivity contribution in [1.29, 1.82) is 0 Å². The summed E-state index contributed by atoms with van der Waals surface area (Å²) in [6, 6.07) is 13.6. The first-order valence-electron chi connectivity index (χ1n) is 8.19. The summed E-state index contributed by atoms with van der Waals surface area (Å²) in [5.74, 6) is 0.226. The number of carbonyl (C=O) groups excluding carboxylic acids is 1. The first kappa shape index (κ1) is 18.9. The van der Waals surface area contributed by atoms with Gasteiger partial charge in [0.2, 0.25) is 0 Å². The SMILES string of the molecule is COc1cccc(COC(C)C(=O)N(C)C(C)c2ccccc2F)c1. The standard InChI is InChI=1S/C20H24FNO3/c1-14(18-10-5-6-11-19(18)21)22(3)20(23)15(2)25-13-16-8-7-9-17(12-16)24-4/h5-12,14-15H,13H2,1-4H3. The molecule has 0 fully saturated rings. The van der Waals surface area contributed by atoms with Crippen LogP contribution in [0.2, 0.25) is 0 Å². The van der Waals surface area contributed by atoms with Gasteiger partial charge in [0.1, 0.15) is 17.7 Å². The third-order valence-electron chi connectivity index (χ3n) is 4.27. The molecule has 0 N–H and O–H groups in total. The Morgan fingerprint density at radius 2 is 1.88 bits per heavy atom. The maximum absolute atomic E-state index is 13.9. The Kier molecular flexibility index (Phi) is 6.53. The molecule has 0 spiro atoms. The first-order chi connectivity index (χ1) is 11.9. The molecule has 2 rings (SSSR count). The fraction of sp³-hybridized carbons (Fsp3) is 0.350. The second-order valence-electron chi connectivity index (χ2n) is 5.95. The molecule has 134 valence electrons. The van der Waals surface area contributed by atoms with Crippen molar-refractivity contribution in [2.75, 3.05) is 14.2 Å². The smallest absolute Gasteiger partial charge is 0.251 e. The van der Waals surface area contributed by atoms with Crippen LogP contribution in [-0.2, 0) is 16.1 Å². The number of nitrogens with zero attached hydrogens (tertiary/aromatic N) is 1. The number of rotatable bonds is 7. The van der Waals surface area contributed by atoms with Crippen LogP contribution in [0.1, 0.15) is 31.0 Å². The molecule has 0 aliphatic heterocycles. The Morgan fingerprint density at radius 1 is 1.16 bits per heavy atom. The van der Waals surface area contributed by atoms with Crippen LogP contribution < -0.4 is 4.74 Å². The van der Waals surface area contributed by atoms with E-state index in [9.17, 15) is 9.18 Å². The van der Waals surface area contributed by atoms with E-state index in [1.165, 1.54) is 11.0 Å². The minimum absolute atomic E-state index is 0.196.